The van der Waals surface area contributed by atoms with Gasteiger partial charge in [0.25, 0.3) is 0 Å². The summed E-state index contributed by atoms with van der Waals surface area (Å²) in [4.78, 5) is 11.0. The van der Waals surface area contributed by atoms with Crippen LogP contribution in [0.15, 0.2) is 132 Å². The normalized spacial score (nSPS) is 12.7. The number of pyridine rings is 2. The monoisotopic (exact) mass is 745 g/mol. The Bertz CT molecular complexity index is 1750. The standard InChI is InChI=1S/C30H25N4.C6H6S.Pt/c1-29(2,3)28-19-25(33-34-28)24-15-10-17-27(32-24)30(26-16-8-9-18-31-26)22-13-6-4-11-20(22)21-12-5-7-14-23(21)30;7-6-4-2-1-3-5-6;/h4-19H,1-3H3;1-5,7H;/q-1;;+2/p-1. The van der Waals surface area contributed by atoms with Gasteiger partial charge < -0.3 is 22.8 Å². The van der Waals surface area contributed by atoms with Gasteiger partial charge in [-0.05, 0) is 46.5 Å². The molecule has 3 heterocycles. The summed E-state index contributed by atoms with van der Waals surface area (Å²) in [5.74, 6) is 0. The van der Waals surface area contributed by atoms with E-state index < -0.39 is 5.41 Å². The molecule has 3 aromatic carbocycles. The third kappa shape index (κ3) is 5.35. The van der Waals surface area contributed by atoms with Crippen LogP contribution in [0.1, 0.15) is 49.0 Å². The van der Waals surface area contributed by atoms with E-state index in [1.165, 1.54) is 22.3 Å². The maximum Gasteiger partial charge on any atom is 2.00 e. The summed E-state index contributed by atoms with van der Waals surface area (Å²) in [5.41, 5.74) is 8.62. The van der Waals surface area contributed by atoms with Crippen LogP contribution in [0, 0.1) is 0 Å². The number of nitrogens with zero attached hydrogens (tertiary/aromatic N) is 4. The summed E-state index contributed by atoms with van der Waals surface area (Å²) < 4.78 is 0. The molecule has 0 fully saturated rings. The van der Waals surface area contributed by atoms with E-state index in [4.69, 9.17) is 22.6 Å². The molecule has 0 spiro atoms. The minimum absolute atomic E-state index is 0. The van der Waals surface area contributed by atoms with E-state index in [0.717, 1.165) is 33.4 Å². The van der Waals surface area contributed by atoms with Gasteiger partial charge in [-0.1, -0.05) is 124 Å². The van der Waals surface area contributed by atoms with Gasteiger partial charge in [-0.2, -0.15) is 4.90 Å². The minimum Gasteiger partial charge on any atom is -0.780 e. The Labute approximate surface area is 267 Å². The van der Waals surface area contributed by atoms with Crippen molar-refractivity contribution in [2.45, 2.75) is 36.5 Å². The van der Waals surface area contributed by atoms with Gasteiger partial charge >= 0.3 is 21.1 Å². The summed E-state index contributed by atoms with van der Waals surface area (Å²) in [5, 5.41) is 8.91. The van der Waals surface area contributed by atoms with Crippen molar-refractivity contribution in [3.63, 3.8) is 0 Å². The van der Waals surface area contributed by atoms with Gasteiger partial charge in [0, 0.05) is 23.0 Å². The Hall–Kier alpha value is -3.92. The molecule has 0 unspecified atom stereocenters. The number of aromatic nitrogens is 4. The summed E-state index contributed by atoms with van der Waals surface area (Å²) in [6.07, 6.45) is 1.86. The van der Waals surface area contributed by atoms with Gasteiger partial charge in [0.15, 0.2) is 0 Å². The average Bonchev–Trinajstić information content (AvgIpc) is 3.62. The first-order valence-corrected chi connectivity index (χ1v) is 14.1. The van der Waals surface area contributed by atoms with Crippen molar-refractivity contribution in [2.75, 3.05) is 0 Å². The molecule has 0 saturated carbocycles. The summed E-state index contributed by atoms with van der Waals surface area (Å²) in [7, 11) is 0. The van der Waals surface area contributed by atoms with Gasteiger partial charge in [-0.3, -0.25) is 9.97 Å². The Morgan fingerprint density at radius 2 is 1.26 bits per heavy atom. The summed E-state index contributed by atoms with van der Waals surface area (Å²) >= 11 is 4.81. The molecule has 6 heteroatoms. The molecule has 0 amide bonds. The van der Waals surface area contributed by atoms with Crippen LogP contribution >= 0.6 is 0 Å². The van der Waals surface area contributed by atoms with E-state index in [1.54, 1.807) is 0 Å². The van der Waals surface area contributed by atoms with Crippen LogP contribution in [-0.2, 0) is 44.5 Å². The van der Waals surface area contributed by atoms with Crippen molar-refractivity contribution in [2.24, 2.45) is 0 Å². The van der Waals surface area contributed by atoms with Crippen LogP contribution in [0.25, 0.3) is 22.5 Å². The predicted octanol–water partition coefficient (Wildman–Crippen LogP) is 7.75. The zero-order valence-electron chi connectivity index (χ0n) is 23.6. The van der Waals surface area contributed by atoms with Gasteiger partial charge in [0.2, 0.25) is 0 Å². The Morgan fingerprint density at radius 1 is 0.667 bits per heavy atom. The molecule has 1 aliphatic carbocycles. The van der Waals surface area contributed by atoms with E-state index in [0.29, 0.717) is 0 Å². The quantitative estimate of drug-likeness (QED) is 0.173. The van der Waals surface area contributed by atoms with Crippen LogP contribution in [-0.4, -0.2) is 15.1 Å². The van der Waals surface area contributed by atoms with Crippen molar-refractivity contribution in [3.8, 4) is 22.5 Å². The van der Waals surface area contributed by atoms with E-state index in [1.807, 2.05) is 48.7 Å². The van der Waals surface area contributed by atoms with E-state index in [-0.39, 0.29) is 26.5 Å². The van der Waals surface area contributed by atoms with Gasteiger partial charge in [0.05, 0.1) is 11.4 Å². The van der Waals surface area contributed by atoms with Crippen LogP contribution in [0.5, 0.6) is 0 Å². The van der Waals surface area contributed by atoms with E-state index >= 15 is 0 Å². The fourth-order valence-corrected chi connectivity index (χ4v) is 5.65. The first-order valence-electron chi connectivity index (χ1n) is 13.7. The molecular formula is C36H30N4PtS. The van der Waals surface area contributed by atoms with Crippen LogP contribution in [0.3, 0.4) is 0 Å². The molecule has 0 aliphatic heterocycles. The van der Waals surface area contributed by atoms with Crippen molar-refractivity contribution in [3.05, 3.63) is 156 Å². The first kappa shape index (κ1) is 29.6. The molecule has 210 valence electrons. The number of hydrogen-bond donors (Lipinski definition) is 0. The Kier molecular flexibility index (Phi) is 8.54. The van der Waals surface area contributed by atoms with Gasteiger partial charge in [-0.25, -0.2) is 0 Å². The van der Waals surface area contributed by atoms with Gasteiger partial charge in [-0.15, -0.1) is 0 Å². The van der Waals surface area contributed by atoms with E-state index in [9.17, 15) is 0 Å². The maximum atomic E-state index is 5.22. The predicted molar refractivity (Wildman–Crippen MR) is 167 cm³/mol. The Morgan fingerprint density at radius 3 is 1.81 bits per heavy atom. The molecule has 7 rings (SSSR count). The van der Waals surface area contributed by atoms with Crippen LogP contribution < -0.4 is 5.10 Å². The minimum atomic E-state index is -0.614. The molecule has 3 aromatic heterocycles. The SMILES string of the molecule is CC(C)(C)c1cc(-c2cccc(C3(c4ccccn4)c4ccccc4-c4ccccc43)n2)[n-]n1.[Pt+2].[S-]c1ccccc1. The van der Waals surface area contributed by atoms with Crippen LogP contribution in [0.2, 0.25) is 0 Å². The van der Waals surface area contributed by atoms with E-state index in [2.05, 4.69) is 110 Å². The molecule has 0 radical (unpaired) electrons. The van der Waals surface area contributed by atoms with Crippen molar-refractivity contribution < 1.29 is 21.1 Å². The average molecular weight is 746 g/mol. The van der Waals surface area contributed by atoms with Crippen molar-refractivity contribution in [1.29, 1.82) is 0 Å². The number of benzene rings is 3. The fourth-order valence-electron chi connectivity index (χ4n) is 5.50. The molecule has 0 N–H and O–H groups in total. The molecule has 0 atom stereocenters. The summed E-state index contributed by atoms with van der Waals surface area (Å²) in [6.45, 7) is 6.44. The largest absolute Gasteiger partial charge is 2.00 e. The molecule has 42 heavy (non-hydrogen) atoms. The zero-order chi connectivity index (χ0) is 28.5. The molecule has 1 aliphatic rings. The molecule has 0 saturated heterocycles. The summed E-state index contributed by atoms with van der Waals surface area (Å²) in [6, 6.07) is 41.2. The Balaban J connectivity index is 0.000000389. The third-order valence-electron chi connectivity index (χ3n) is 7.45. The maximum absolute atomic E-state index is 5.22. The second-order valence-corrected chi connectivity index (χ2v) is 11.6. The topological polar surface area (TPSA) is 52.8 Å². The van der Waals surface area contributed by atoms with Gasteiger partial charge in [0.1, 0.15) is 5.41 Å². The van der Waals surface area contributed by atoms with Crippen LogP contribution in [0.4, 0.5) is 0 Å². The smallest absolute Gasteiger partial charge is 0.780 e. The zero-order valence-corrected chi connectivity index (χ0v) is 26.7. The second kappa shape index (κ2) is 12.1. The third-order valence-corrected chi connectivity index (χ3v) is 7.72. The van der Waals surface area contributed by atoms with Crippen molar-refractivity contribution >= 4 is 12.6 Å². The molecular weight excluding hydrogens is 716 g/mol. The molecule has 0 bridgehead atoms. The first-order chi connectivity index (χ1) is 19.9. The second-order valence-electron chi connectivity index (χ2n) is 11.1. The number of hydrogen-bond acceptors (Lipinski definition) is 4. The fraction of sp³-hybridized carbons (Fsp3) is 0.139. The molecule has 6 aromatic rings. The van der Waals surface area contributed by atoms with Crippen molar-refractivity contribution in [1.82, 2.24) is 20.2 Å². The number of rotatable bonds is 3. The number of fused-ring (bicyclic) bond motifs is 3. The molecule has 4 nitrogen and oxygen atoms in total.